The van der Waals surface area contributed by atoms with Crippen molar-refractivity contribution < 1.29 is 4.74 Å². The fraction of sp³-hybridized carbons (Fsp3) is 0.278. The van der Waals surface area contributed by atoms with E-state index in [1.165, 1.54) is 7.11 Å². The Labute approximate surface area is 151 Å². The second-order valence-electron chi connectivity index (χ2n) is 5.75. The van der Waals surface area contributed by atoms with E-state index in [0.717, 1.165) is 23.5 Å². The van der Waals surface area contributed by atoms with Crippen LogP contribution in [0.3, 0.4) is 0 Å². The quantitative estimate of drug-likeness (QED) is 0.769. The SMILES string of the molecule is CCn1nc(C)c(-c2cc(-c3cnc(OC)nc3)c(C#N)c(N)n2)c1C. The fourth-order valence-electron chi connectivity index (χ4n) is 2.97. The van der Waals surface area contributed by atoms with Gasteiger partial charge in [-0.05, 0) is 26.8 Å². The highest BCUT2D eigenvalue weighted by molar-refractivity contribution is 5.80. The summed E-state index contributed by atoms with van der Waals surface area (Å²) in [6, 6.07) is 4.21. The van der Waals surface area contributed by atoms with Gasteiger partial charge >= 0.3 is 6.01 Å². The van der Waals surface area contributed by atoms with Crippen LogP contribution in [0.15, 0.2) is 18.5 Å². The lowest BCUT2D eigenvalue weighted by molar-refractivity contribution is 0.380. The van der Waals surface area contributed by atoms with Crippen LogP contribution in [0, 0.1) is 25.2 Å². The van der Waals surface area contributed by atoms with E-state index >= 15 is 0 Å². The third-order valence-corrected chi connectivity index (χ3v) is 4.22. The second kappa shape index (κ2) is 6.80. The number of aromatic nitrogens is 5. The zero-order chi connectivity index (χ0) is 18.8. The van der Waals surface area contributed by atoms with Crippen LogP contribution in [0.4, 0.5) is 5.82 Å². The van der Waals surface area contributed by atoms with Crippen molar-refractivity contribution in [3.63, 3.8) is 0 Å². The van der Waals surface area contributed by atoms with Crippen molar-refractivity contribution in [2.24, 2.45) is 0 Å². The van der Waals surface area contributed by atoms with Crippen molar-refractivity contribution >= 4 is 5.82 Å². The minimum Gasteiger partial charge on any atom is -0.467 e. The number of aryl methyl sites for hydroxylation is 2. The van der Waals surface area contributed by atoms with Crippen LogP contribution < -0.4 is 10.5 Å². The molecule has 0 bridgehead atoms. The second-order valence-corrected chi connectivity index (χ2v) is 5.75. The molecule has 0 aliphatic heterocycles. The van der Waals surface area contributed by atoms with Crippen LogP contribution in [0.25, 0.3) is 22.4 Å². The number of nitrogens with zero attached hydrogens (tertiary/aromatic N) is 6. The molecule has 0 fully saturated rings. The molecular formula is C18H19N7O. The summed E-state index contributed by atoms with van der Waals surface area (Å²) in [7, 11) is 1.50. The monoisotopic (exact) mass is 349 g/mol. The molecule has 0 aliphatic rings. The van der Waals surface area contributed by atoms with E-state index in [2.05, 4.69) is 26.1 Å². The zero-order valence-corrected chi connectivity index (χ0v) is 15.1. The van der Waals surface area contributed by atoms with Crippen LogP contribution in [-0.2, 0) is 6.54 Å². The lowest BCUT2D eigenvalue weighted by atomic mass is 10.00. The molecule has 0 atom stereocenters. The van der Waals surface area contributed by atoms with E-state index < -0.39 is 0 Å². The van der Waals surface area contributed by atoms with Crippen molar-refractivity contribution in [1.29, 1.82) is 5.26 Å². The van der Waals surface area contributed by atoms with Gasteiger partial charge in [-0.1, -0.05) is 0 Å². The molecule has 0 spiro atoms. The Bertz CT molecular complexity index is 1000. The average molecular weight is 349 g/mol. The Balaban J connectivity index is 2.23. The number of nitrogen functional groups attached to an aromatic ring is 1. The van der Waals surface area contributed by atoms with Gasteiger partial charge in [-0.25, -0.2) is 15.0 Å². The molecule has 0 unspecified atom stereocenters. The predicted octanol–water partition coefficient (Wildman–Crippen LogP) is 2.50. The van der Waals surface area contributed by atoms with Gasteiger partial charge in [0, 0.05) is 41.3 Å². The van der Waals surface area contributed by atoms with Crippen LogP contribution in [0.2, 0.25) is 0 Å². The molecule has 3 aromatic heterocycles. The molecule has 8 heteroatoms. The van der Waals surface area contributed by atoms with E-state index in [4.69, 9.17) is 10.5 Å². The van der Waals surface area contributed by atoms with Crippen LogP contribution in [0.5, 0.6) is 6.01 Å². The number of ether oxygens (including phenoxy) is 1. The van der Waals surface area contributed by atoms with Gasteiger partial charge in [0.2, 0.25) is 0 Å². The highest BCUT2D eigenvalue weighted by atomic mass is 16.5. The van der Waals surface area contributed by atoms with Gasteiger partial charge in [0.25, 0.3) is 0 Å². The molecule has 0 aliphatic carbocycles. The van der Waals surface area contributed by atoms with Crippen LogP contribution in [-0.4, -0.2) is 31.8 Å². The van der Waals surface area contributed by atoms with Gasteiger partial charge in [0.05, 0.1) is 18.5 Å². The summed E-state index contributed by atoms with van der Waals surface area (Å²) >= 11 is 0. The van der Waals surface area contributed by atoms with Crippen molar-refractivity contribution in [3.8, 4) is 34.5 Å². The van der Waals surface area contributed by atoms with Crippen LogP contribution in [0.1, 0.15) is 23.9 Å². The Hall–Kier alpha value is -3.47. The summed E-state index contributed by atoms with van der Waals surface area (Å²) in [5, 5.41) is 14.1. The van der Waals surface area contributed by atoms with Gasteiger partial charge < -0.3 is 10.5 Å². The first-order valence-electron chi connectivity index (χ1n) is 8.11. The standard InChI is InChI=1S/C18H19N7O/c1-5-25-11(3)16(10(2)24-25)15-6-13(14(7-19)17(20)23-15)12-8-21-18(26-4)22-9-12/h6,8-9H,5H2,1-4H3,(H2,20,23). The molecule has 3 heterocycles. The van der Waals surface area contributed by atoms with Gasteiger partial charge in [0.15, 0.2) is 0 Å². The summed E-state index contributed by atoms with van der Waals surface area (Å²) in [6.07, 6.45) is 3.20. The van der Waals surface area contributed by atoms with Gasteiger partial charge in [-0.2, -0.15) is 10.4 Å². The molecule has 3 rings (SSSR count). The largest absolute Gasteiger partial charge is 0.467 e. The third kappa shape index (κ3) is 2.84. The Morgan fingerprint density at radius 3 is 2.50 bits per heavy atom. The van der Waals surface area contributed by atoms with E-state index in [9.17, 15) is 5.26 Å². The van der Waals surface area contributed by atoms with Gasteiger partial charge in [-0.3, -0.25) is 4.68 Å². The maximum atomic E-state index is 9.52. The summed E-state index contributed by atoms with van der Waals surface area (Å²) in [6.45, 7) is 6.72. The van der Waals surface area contributed by atoms with Crippen molar-refractivity contribution in [2.75, 3.05) is 12.8 Å². The molecule has 26 heavy (non-hydrogen) atoms. The first-order valence-corrected chi connectivity index (χ1v) is 8.11. The molecule has 0 amide bonds. The topological polar surface area (TPSA) is 116 Å². The van der Waals surface area contributed by atoms with Gasteiger partial charge in [-0.15, -0.1) is 0 Å². The molecule has 0 radical (unpaired) electrons. The molecule has 2 N–H and O–H groups in total. The highest BCUT2D eigenvalue weighted by Crippen LogP contribution is 2.33. The number of nitrogens with two attached hydrogens (primary N) is 1. The number of methoxy groups -OCH3 is 1. The smallest absolute Gasteiger partial charge is 0.316 e. The highest BCUT2D eigenvalue weighted by Gasteiger charge is 2.19. The number of hydrogen-bond donors (Lipinski definition) is 1. The predicted molar refractivity (Wildman–Crippen MR) is 97.3 cm³/mol. The van der Waals surface area contributed by atoms with E-state index in [1.807, 2.05) is 31.5 Å². The summed E-state index contributed by atoms with van der Waals surface area (Å²) in [5.74, 6) is 0.166. The number of rotatable bonds is 4. The lowest BCUT2D eigenvalue weighted by Gasteiger charge is -2.10. The lowest BCUT2D eigenvalue weighted by Crippen LogP contribution is -2.02. The van der Waals surface area contributed by atoms with Gasteiger partial charge in [0.1, 0.15) is 17.5 Å². The molecule has 132 valence electrons. The summed E-state index contributed by atoms with van der Waals surface area (Å²) in [5.41, 5.74) is 11.1. The summed E-state index contributed by atoms with van der Waals surface area (Å²) in [4.78, 5) is 12.7. The normalized spacial score (nSPS) is 10.6. The third-order valence-electron chi connectivity index (χ3n) is 4.22. The maximum absolute atomic E-state index is 9.52. The summed E-state index contributed by atoms with van der Waals surface area (Å²) < 4.78 is 6.90. The minimum absolute atomic E-state index is 0.166. The zero-order valence-electron chi connectivity index (χ0n) is 15.1. The molecule has 3 aromatic rings. The number of pyridine rings is 1. The molecular weight excluding hydrogens is 330 g/mol. The Kier molecular flexibility index (Phi) is 4.54. The molecule has 0 aromatic carbocycles. The maximum Gasteiger partial charge on any atom is 0.316 e. The van der Waals surface area contributed by atoms with Crippen LogP contribution >= 0.6 is 0 Å². The van der Waals surface area contributed by atoms with E-state index in [-0.39, 0.29) is 11.8 Å². The van der Waals surface area contributed by atoms with E-state index in [1.54, 1.807) is 12.4 Å². The number of anilines is 1. The average Bonchev–Trinajstić information content (AvgIpc) is 2.94. The number of nitriles is 1. The van der Waals surface area contributed by atoms with Crippen molar-refractivity contribution in [1.82, 2.24) is 24.7 Å². The first-order chi connectivity index (χ1) is 12.5. The molecule has 8 nitrogen and oxygen atoms in total. The minimum atomic E-state index is 0.166. The van der Waals surface area contributed by atoms with Crippen molar-refractivity contribution in [2.45, 2.75) is 27.3 Å². The fourth-order valence-corrected chi connectivity index (χ4v) is 2.97. The first kappa shape index (κ1) is 17.4. The van der Waals surface area contributed by atoms with Crippen molar-refractivity contribution in [3.05, 3.63) is 35.4 Å². The molecule has 0 saturated carbocycles. The molecule has 0 saturated heterocycles. The number of hydrogen-bond acceptors (Lipinski definition) is 7. The van der Waals surface area contributed by atoms with E-state index in [0.29, 0.717) is 22.4 Å². The Morgan fingerprint density at radius 1 is 1.27 bits per heavy atom. The Morgan fingerprint density at radius 2 is 1.96 bits per heavy atom.